The summed E-state index contributed by atoms with van der Waals surface area (Å²) in [6, 6.07) is 18.6. The highest BCUT2D eigenvalue weighted by Crippen LogP contribution is 2.32. The van der Waals surface area contributed by atoms with Crippen LogP contribution >= 0.6 is 0 Å². The number of benzene rings is 3. The summed E-state index contributed by atoms with van der Waals surface area (Å²) in [6.07, 6.45) is 6.74. The molecule has 0 bridgehead atoms. The summed E-state index contributed by atoms with van der Waals surface area (Å²) in [5, 5.41) is 0. The summed E-state index contributed by atoms with van der Waals surface area (Å²) in [6.45, 7) is 4.77. The fourth-order valence-electron chi connectivity index (χ4n) is 5.24. The maximum absolute atomic E-state index is 6.20. The van der Waals surface area contributed by atoms with Gasteiger partial charge in [-0.3, -0.25) is 9.98 Å². The average Bonchev–Trinajstić information content (AvgIpc) is 2.99. The van der Waals surface area contributed by atoms with Gasteiger partial charge in [0.25, 0.3) is 0 Å². The maximum atomic E-state index is 6.20. The van der Waals surface area contributed by atoms with Gasteiger partial charge in [-0.25, -0.2) is 0 Å². The van der Waals surface area contributed by atoms with Crippen LogP contribution in [0.5, 0.6) is 23.0 Å². The summed E-state index contributed by atoms with van der Waals surface area (Å²) in [4.78, 5) is 9.38. The molecule has 0 unspecified atom stereocenters. The molecule has 6 nitrogen and oxygen atoms in total. The molecule has 0 fully saturated rings. The van der Waals surface area contributed by atoms with Crippen molar-refractivity contribution < 1.29 is 18.9 Å². The van der Waals surface area contributed by atoms with Gasteiger partial charge in [-0.15, -0.1) is 0 Å². The van der Waals surface area contributed by atoms with Gasteiger partial charge in [0.1, 0.15) is 13.2 Å². The Morgan fingerprint density at radius 2 is 1.08 bits per heavy atom. The highest BCUT2D eigenvalue weighted by Gasteiger charge is 2.14. The summed E-state index contributed by atoms with van der Waals surface area (Å²) in [5.74, 6) is 2.91. The molecule has 0 aliphatic carbocycles. The minimum Gasteiger partial charge on any atom is -0.493 e. The van der Waals surface area contributed by atoms with Crippen molar-refractivity contribution >= 4 is 11.4 Å². The Hall–Kier alpha value is -3.80. The molecule has 2 aliphatic rings. The van der Waals surface area contributed by atoms with Gasteiger partial charge in [0.05, 0.1) is 14.2 Å². The van der Waals surface area contributed by atoms with E-state index < -0.39 is 0 Å². The van der Waals surface area contributed by atoms with E-state index in [2.05, 4.69) is 47.2 Å². The van der Waals surface area contributed by atoms with Gasteiger partial charge in [0.2, 0.25) is 0 Å². The SMILES string of the molecule is COc1cc(C2=NCCCC2)ccc1OCc1cc(C)cc(COc2ccc(C3=NCCCC3)cc2OC)c1. The Balaban J connectivity index is 1.25. The molecule has 0 aromatic heterocycles. The first-order valence-corrected chi connectivity index (χ1v) is 13.9. The minimum absolute atomic E-state index is 0.436. The van der Waals surface area contributed by atoms with Gasteiger partial charge >= 0.3 is 0 Å². The molecule has 0 spiro atoms. The minimum atomic E-state index is 0.436. The average molecular weight is 527 g/mol. The fourth-order valence-corrected chi connectivity index (χ4v) is 5.24. The van der Waals surface area contributed by atoms with Crippen LogP contribution in [0.15, 0.2) is 64.6 Å². The van der Waals surface area contributed by atoms with Gasteiger partial charge in [-0.1, -0.05) is 17.7 Å². The molecule has 0 N–H and O–H groups in total. The molecule has 3 aromatic carbocycles. The third-order valence-corrected chi connectivity index (χ3v) is 7.23. The number of methoxy groups -OCH3 is 2. The molecule has 39 heavy (non-hydrogen) atoms. The topological polar surface area (TPSA) is 61.6 Å². The van der Waals surface area contributed by atoms with E-state index in [9.17, 15) is 0 Å². The van der Waals surface area contributed by atoms with Crippen molar-refractivity contribution in [3.05, 3.63) is 82.4 Å². The van der Waals surface area contributed by atoms with Crippen molar-refractivity contribution in [3.63, 3.8) is 0 Å². The molecule has 0 amide bonds. The molecule has 5 rings (SSSR count). The quantitative estimate of drug-likeness (QED) is 0.282. The molecule has 0 radical (unpaired) electrons. The van der Waals surface area contributed by atoms with Crippen LogP contribution in [0.3, 0.4) is 0 Å². The third-order valence-electron chi connectivity index (χ3n) is 7.23. The van der Waals surface area contributed by atoms with Gasteiger partial charge < -0.3 is 18.9 Å². The van der Waals surface area contributed by atoms with Crippen LogP contribution in [0.1, 0.15) is 66.3 Å². The van der Waals surface area contributed by atoms with Crippen molar-refractivity contribution in [2.75, 3.05) is 27.3 Å². The van der Waals surface area contributed by atoms with Crippen molar-refractivity contribution in [2.45, 2.75) is 58.7 Å². The van der Waals surface area contributed by atoms with Crippen LogP contribution in [-0.4, -0.2) is 38.7 Å². The fraction of sp³-hybridized carbons (Fsp3) is 0.394. The highest BCUT2D eigenvalue weighted by molar-refractivity contribution is 6.02. The van der Waals surface area contributed by atoms with E-state index in [0.717, 1.165) is 88.2 Å². The Morgan fingerprint density at radius 1 is 0.590 bits per heavy atom. The molecular weight excluding hydrogens is 488 g/mol. The predicted molar refractivity (Wildman–Crippen MR) is 156 cm³/mol. The number of hydrogen-bond acceptors (Lipinski definition) is 6. The molecule has 3 aromatic rings. The molecular formula is C33H38N2O4. The standard InChI is InChI=1S/C33H38N2O4/c1-23-16-24(21-38-30-12-10-26(19-32(30)36-2)28-8-4-6-14-34-28)18-25(17-23)22-39-31-13-11-27(20-33(31)37-3)29-9-5-7-15-35-29/h10-13,16-20H,4-9,14-15,21-22H2,1-3H3. The second-order valence-corrected chi connectivity index (χ2v) is 10.2. The van der Waals surface area contributed by atoms with Crippen LogP contribution in [0, 0.1) is 6.92 Å². The van der Waals surface area contributed by atoms with Crippen molar-refractivity contribution in [1.29, 1.82) is 0 Å². The first-order valence-electron chi connectivity index (χ1n) is 13.9. The third kappa shape index (κ3) is 6.80. The summed E-state index contributed by atoms with van der Waals surface area (Å²) in [7, 11) is 3.36. The van der Waals surface area contributed by atoms with E-state index in [1.54, 1.807) is 14.2 Å². The Morgan fingerprint density at radius 3 is 1.49 bits per heavy atom. The first kappa shape index (κ1) is 26.8. The van der Waals surface area contributed by atoms with E-state index in [4.69, 9.17) is 18.9 Å². The molecule has 2 aliphatic heterocycles. The Kier molecular flexibility index (Phi) is 8.82. The second kappa shape index (κ2) is 12.8. The normalized spacial score (nSPS) is 15.3. The van der Waals surface area contributed by atoms with Crippen LogP contribution in [0.4, 0.5) is 0 Å². The monoisotopic (exact) mass is 526 g/mol. The Labute approximate surface area is 231 Å². The zero-order valence-corrected chi connectivity index (χ0v) is 23.3. The maximum Gasteiger partial charge on any atom is 0.161 e. The van der Waals surface area contributed by atoms with E-state index in [-0.39, 0.29) is 0 Å². The van der Waals surface area contributed by atoms with Crippen molar-refractivity contribution in [2.24, 2.45) is 9.98 Å². The van der Waals surface area contributed by atoms with Gasteiger partial charge in [-0.05, 0) is 110 Å². The van der Waals surface area contributed by atoms with Crippen LogP contribution in [-0.2, 0) is 13.2 Å². The molecule has 0 saturated heterocycles. The van der Waals surface area contributed by atoms with Crippen LogP contribution < -0.4 is 18.9 Å². The number of ether oxygens (including phenoxy) is 4. The van der Waals surface area contributed by atoms with E-state index in [0.29, 0.717) is 13.2 Å². The zero-order chi connectivity index (χ0) is 27.0. The lowest BCUT2D eigenvalue weighted by atomic mass is 10.0. The number of nitrogens with zero attached hydrogens (tertiary/aromatic N) is 2. The summed E-state index contributed by atoms with van der Waals surface area (Å²) < 4.78 is 23.7. The van der Waals surface area contributed by atoms with Crippen molar-refractivity contribution in [1.82, 2.24) is 0 Å². The summed E-state index contributed by atoms with van der Waals surface area (Å²) in [5.41, 5.74) is 7.85. The van der Waals surface area contributed by atoms with E-state index in [1.165, 1.54) is 25.7 Å². The lowest BCUT2D eigenvalue weighted by Gasteiger charge is -2.16. The van der Waals surface area contributed by atoms with E-state index >= 15 is 0 Å². The molecule has 6 heteroatoms. The summed E-state index contributed by atoms with van der Waals surface area (Å²) >= 11 is 0. The first-order chi connectivity index (χ1) is 19.1. The lowest BCUT2D eigenvalue weighted by molar-refractivity contribution is 0.279. The molecule has 204 valence electrons. The predicted octanol–water partition coefficient (Wildman–Crippen LogP) is 7.12. The zero-order valence-electron chi connectivity index (χ0n) is 23.3. The Bertz CT molecular complexity index is 1260. The molecule has 0 atom stereocenters. The second-order valence-electron chi connectivity index (χ2n) is 10.2. The van der Waals surface area contributed by atoms with Crippen molar-refractivity contribution in [3.8, 4) is 23.0 Å². The molecule has 2 heterocycles. The van der Waals surface area contributed by atoms with Gasteiger partial charge in [-0.2, -0.15) is 0 Å². The number of rotatable bonds is 10. The largest absolute Gasteiger partial charge is 0.493 e. The van der Waals surface area contributed by atoms with Gasteiger partial charge in [0.15, 0.2) is 23.0 Å². The number of aliphatic imine (C=N–C) groups is 2. The van der Waals surface area contributed by atoms with Crippen LogP contribution in [0.25, 0.3) is 0 Å². The van der Waals surface area contributed by atoms with Crippen LogP contribution in [0.2, 0.25) is 0 Å². The van der Waals surface area contributed by atoms with Gasteiger partial charge in [0, 0.05) is 24.5 Å². The lowest BCUT2D eigenvalue weighted by Crippen LogP contribution is -2.08. The molecule has 0 saturated carbocycles. The number of hydrogen-bond donors (Lipinski definition) is 0. The number of aryl methyl sites for hydroxylation is 1. The van der Waals surface area contributed by atoms with E-state index in [1.807, 2.05) is 24.3 Å². The smallest absolute Gasteiger partial charge is 0.161 e. The highest BCUT2D eigenvalue weighted by atomic mass is 16.5.